The highest BCUT2D eigenvalue weighted by Crippen LogP contribution is 2.19. The third-order valence-corrected chi connectivity index (χ3v) is 2.80. The first-order chi connectivity index (χ1) is 7.77. The average Bonchev–Trinajstić information content (AvgIpc) is 2.30. The van der Waals surface area contributed by atoms with Crippen LogP contribution in [0.4, 0.5) is 0 Å². The maximum atomic E-state index is 9.79. The van der Waals surface area contributed by atoms with E-state index in [-0.39, 0.29) is 12.7 Å². The fourth-order valence-corrected chi connectivity index (χ4v) is 1.79. The number of unbranched alkanes of at least 4 members (excludes halogenated alkanes) is 1. The Kier molecular flexibility index (Phi) is 6.12. The van der Waals surface area contributed by atoms with Gasteiger partial charge in [-0.1, -0.05) is 37.6 Å². The highest BCUT2D eigenvalue weighted by molar-refractivity contribution is 5.24. The van der Waals surface area contributed by atoms with E-state index in [4.69, 9.17) is 5.11 Å². The predicted molar refractivity (Wildman–Crippen MR) is 66.3 cm³/mol. The Morgan fingerprint density at radius 1 is 1.12 bits per heavy atom. The lowest BCUT2D eigenvalue weighted by molar-refractivity contribution is 0.166. The highest BCUT2D eigenvalue weighted by atomic mass is 16.3. The average molecular weight is 222 g/mol. The predicted octanol–water partition coefficient (Wildman–Crippen LogP) is 2.84. The number of aryl methyl sites for hydroxylation is 1. The molecular weight excluding hydrogens is 200 g/mol. The summed E-state index contributed by atoms with van der Waals surface area (Å²) in [4.78, 5) is 0. The molecule has 0 aliphatic rings. The number of aliphatic hydroxyl groups excluding tert-OH is 2. The monoisotopic (exact) mass is 222 g/mol. The van der Waals surface area contributed by atoms with Crippen LogP contribution in [0.15, 0.2) is 24.3 Å². The summed E-state index contributed by atoms with van der Waals surface area (Å²) in [5, 5.41) is 18.5. The van der Waals surface area contributed by atoms with Gasteiger partial charge in [-0.25, -0.2) is 0 Å². The summed E-state index contributed by atoms with van der Waals surface area (Å²) < 4.78 is 0. The number of benzene rings is 1. The Bertz CT molecular complexity index is 279. The molecule has 0 aliphatic heterocycles. The second kappa shape index (κ2) is 7.42. The van der Waals surface area contributed by atoms with Crippen LogP contribution in [0.2, 0.25) is 0 Å². The van der Waals surface area contributed by atoms with E-state index >= 15 is 0 Å². The van der Waals surface area contributed by atoms with Gasteiger partial charge in [0.25, 0.3) is 0 Å². The molecule has 1 unspecified atom stereocenters. The van der Waals surface area contributed by atoms with Gasteiger partial charge in [-0.15, -0.1) is 0 Å². The minimum absolute atomic E-state index is 0.271. The minimum atomic E-state index is -0.323. The third kappa shape index (κ3) is 4.33. The van der Waals surface area contributed by atoms with Crippen LogP contribution in [-0.4, -0.2) is 16.8 Å². The van der Waals surface area contributed by atoms with Gasteiger partial charge in [-0.3, -0.25) is 0 Å². The topological polar surface area (TPSA) is 40.5 Å². The van der Waals surface area contributed by atoms with Crippen molar-refractivity contribution in [2.45, 2.75) is 45.1 Å². The van der Waals surface area contributed by atoms with Gasteiger partial charge in [0.05, 0.1) is 6.10 Å². The van der Waals surface area contributed by atoms with Crippen LogP contribution in [0.25, 0.3) is 0 Å². The van der Waals surface area contributed by atoms with Crippen molar-refractivity contribution in [2.24, 2.45) is 0 Å². The number of rotatable bonds is 7. The van der Waals surface area contributed by atoms with Gasteiger partial charge in [-0.2, -0.15) is 0 Å². The molecule has 0 saturated heterocycles. The SMILES string of the molecule is CCCC(O)c1ccc(CCCCO)cc1. The molecule has 16 heavy (non-hydrogen) atoms. The van der Waals surface area contributed by atoms with Crippen LogP contribution >= 0.6 is 0 Å². The molecule has 0 aromatic heterocycles. The Hall–Kier alpha value is -0.860. The highest BCUT2D eigenvalue weighted by Gasteiger charge is 2.05. The summed E-state index contributed by atoms with van der Waals surface area (Å²) in [6.07, 6.45) is 4.39. The van der Waals surface area contributed by atoms with Gasteiger partial charge in [0.1, 0.15) is 0 Å². The van der Waals surface area contributed by atoms with Crippen LogP contribution in [-0.2, 0) is 6.42 Å². The maximum absolute atomic E-state index is 9.79. The lowest BCUT2D eigenvalue weighted by Gasteiger charge is -2.10. The Morgan fingerprint density at radius 3 is 2.38 bits per heavy atom. The maximum Gasteiger partial charge on any atom is 0.0790 e. The van der Waals surface area contributed by atoms with Crippen molar-refractivity contribution in [3.63, 3.8) is 0 Å². The quantitative estimate of drug-likeness (QED) is 0.696. The zero-order valence-electron chi connectivity index (χ0n) is 10.0. The molecule has 1 aromatic carbocycles. The van der Waals surface area contributed by atoms with E-state index in [2.05, 4.69) is 19.1 Å². The van der Waals surface area contributed by atoms with Crippen LogP contribution in [0, 0.1) is 0 Å². The van der Waals surface area contributed by atoms with E-state index in [0.29, 0.717) is 0 Å². The van der Waals surface area contributed by atoms with Crippen molar-refractivity contribution < 1.29 is 10.2 Å². The number of aliphatic hydroxyl groups is 2. The summed E-state index contributed by atoms with van der Waals surface area (Å²) in [5.41, 5.74) is 2.29. The van der Waals surface area contributed by atoms with Gasteiger partial charge in [0.2, 0.25) is 0 Å². The molecule has 0 heterocycles. The summed E-state index contributed by atoms with van der Waals surface area (Å²) in [5.74, 6) is 0. The smallest absolute Gasteiger partial charge is 0.0790 e. The van der Waals surface area contributed by atoms with Crippen LogP contribution < -0.4 is 0 Å². The van der Waals surface area contributed by atoms with E-state index in [1.807, 2.05) is 12.1 Å². The third-order valence-electron chi connectivity index (χ3n) is 2.80. The second-order valence-corrected chi connectivity index (χ2v) is 4.23. The number of hydrogen-bond donors (Lipinski definition) is 2. The van der Waals surface area contributed by atoms with E-state index in [9.17, 15) is 5.11 Å². The Morgan fingerprint density at radius 2 is 1.81 bits per heavy atom. The summed E-state index contributed by atoms with van der Waals surface area (Å²) in [6.45, 7) is 2.35. The summed E-state index contributed by atoms with van der Waals surface area (Å²) in [7, 11) is 0. The largest absolute Gasteiger partial charge is 0.396 e. The van der Waals surface area contributed by atoms with Crippen molar-refractivity contribution >= 4 is 0 Å². The van der Waals surface area contributed by atoms with E-state index in [1.165, 1.54) is 5.56 Å². The normalized spacial score (nSPS) is 12.7. The molecular formula is C14H22O2. The molecule has 2 N–H and O–H groups in total. The molecule has 0 bridgehead atoms. The summed E-state index contributed by atoms with van der Waals surface area (Å²) >= 11 is 0. The van der Waals surface area contributed by atoms with Gasteiger partial charge in [0, 0.05) is 6.61 Å². The molecule has 90 valence electrons. The van der Waals surface area contributed by atoms with Crippen LogP contribution in [0.5, 0.6) is 0 Å². The molecule has 2 heteroatoms. The molecule has 2 nitrogen and oxygen atoms in total. The van der Waals surface area contributed by atoms with E-state index in [0.717, 1.165) is 37.7 Å². The van der Waals surface area contributed by atoms with Gasteiger partial charge in [-0.05, 0) is 36.8 Å². The van der Waals surface area contributed by atoms with Crippen molar-refractivity contribution in [3.8, 4) is 0 Å². The molecule has 0 radical (unpaired) electrons. The standard InChI is InChI=1S/C14H22O2/c1-2-5-14(16)13-9-7-12(8-10-13)6-3-4-11-15/h7-10,14-16H,2-6,11H2,1H3. The zero-order chi connectivity index (χ0) is 11.8. The lowest BCUT2D eigenvalue weighted by atomic mass is 10.0. The van der Waals surface area contributed by atoms with Gasteiger partial charge in [0.15, 0.2) is 0 Å². The fraction of sp³-hybridized carbons (Fsp3) is 0.571. The molecule has 0 fully saturated rings. The molecule has 1 rings (SSSR count). The Labute approximate surface area is 97.9 Å². The second-order valence-electron chi connectivity index (χ2n) is 4.23. The van der Waals surface area contributed by atoms with E-state index < -0.39 is 0 Å². The van der Waals surface area contributed by atoms with Crippen molar-refractivity contribution in [1.29, 1.82) is 0 Å². The summed E-state index contributed by atoms with van der Waals surface area (Å²) in [6, 6.07) is 8.17. The molecule has 0 amide bonds. The molecule has 1 atom stereocenters. The van der Waals surface area contributed by atoms with Crippen LogP contribution in [0.1, 0.15) is 49.8 Å². The van der Waals surface area contributed by atoms with Crippen molar-refractivity contribution in [1.82, 2.24) is 0 Å². The molecule has 0 saturated carbocycles. The number of hydrogen-bond acceptors (Lipinski definition) is 2. The Balaban J connectivity index is 2.47. The first kappa shape index (κ1) is 13.2. The van der Waals surface area contributed by atoms with Gasteiger partial charge < -0.3 is 10.2 Å². The minimum Gasteiger partial charge on any atom is -0.396 e. The van der Waals surface area contributed by atoms with Gasteiger partial charge >= 0.3 is 0 Å². The first-order valence-electron chi connectivity index (χ1n) is 6.15. The van der Waals surface area contributed by atoms with Crippen LogP contribution in [0.3, 0.4) is 0 Å². The first-order valence-corrected chi connectivity index (χ1v) is 6.15. The van der Waals surface area contributed by atoms with E-state index in [1.54, 1.807) is 0 Å². The zero-order valence-corrected chi connectivity index (χ0v) is 10.0. The van der Waals surface area contributed by atoms with Crippen molar-refractivity contribution in [3.05, 3.63) is 35.4 Å². The fourth-order valence-electron chi connectivity index (χ4n) is 1.79. The lowest BCUT2D eigenvalue weighted by Crippen LogP contribution is -1.97. The molecule has 0 aliphatic carbocycles. The molecule has 0 spiro atoms. The van der Waals surface area contributed by atoms with Crippen molar-refractivity contribution in [2.75, 3.05) is 6.61 Å². The molecule has 1 aromatic rings.